The van der Waals surface area contributed by atoms with E-state index in [4.69, 9.17) is 9.29 Å². The second-order valence-electron chi connectivity index (χ2n) is 6.25. The minimum Gasteiger partial charge on any atom is -0.456 e. The van der Waals surface area contributed by atoms with Gasteiger partial charge in [-0.3, -0.25) is 9.97 Å². The quantitative estimate of drug-likeness (QED) is 0.528. The van der Waals surface area contributed by atoms with Gasteiger partial charge in [-0.1, -0.05) is 42.5 Å². The summed E-state index contributed by atoms with van der Waals surface area (Å²) in [7, 11) is 0. The molecule has 0 bridgehead atoms. The fourth-order valence-corrected chi connectivity index (χ4v) is 3.73. The standard InChI is InChI=1S/C21H16N2O4S/c24-12-17-16-3-1-2-4-19(16)27-21(20(17)18-11-22-9-10-23-18)15-7-5-14(6-8-15)13-28(25)26/h1-12,17H,13H2,(H,25,26). The molecule has 2 aromatic carbocycles. The molecule has 0 fully saturated rings. The van der Waals surface area contributed by atoms with Crippen LogP contribution < -0.4 is 4.74 Å². The molecule has 2 atom stereocenters. The number of nitrogens with zero attached hydrogens (tertiary/aromatic N) is 2. The molecule has 1 N–H and O–H groups in total. The summed E-state index contributed by atoms with van der Waals surface area (Å²) < 4.78 is 26.3. The zero-order valence-electron chi connectivity index (χ0n) is 14.7. The Morgan fingerprint density at radius 1 is 1.11 bits per heavy atom. The van der Waals surface area contributed by atoms with Gasteiger partial charge in [0.2, 0.25) is 0 Å². The third-order valence-electron chi connectivity index (χ3n) is 4.50. The summed E-state index contributed by atoms with van der Waals surface area (Å²) in [6.45, 7) is 0. The molecule has 140 valence electrons. The molecule has 0 amide bonds. The highest BCUT2D eigenvalue weighted by Crippen LogP contribution is 2.45. The SMILES string of the molecule is O=CC1C(c2cnccn2)=C(c2ccc(CS(=O)O)cc2)Oc2ccccc21. The predicted octanol–water partition coefficient (Wildman–Crippen LogP) is 3.44. The maximum Gasteiger partial charge on any atom is 0.157 e. The van der Waals surface area contributed by atoms with Crippen molar-refractivity contribution in [3.63, 3.8) is 0 Å². The van der Waals surface area contributed by atoms with Gasteiger partial charge in [0.05, 0.1) is 23.6 Å². The van der Waals surface area contributed by atoms with Crippen LogP contribution in [0.15, 0.2) is 67.1 Å². The molecule has 0 spiro atoms. The first-order valence-corrected chi connectivity index (χ1v) is 9.84. The molecular formula is C21H16N2O4S. The van der Waals surface area contributed by atoms with Gasteiger partial charge in [-0.15, -0.1) is 0 Å². The number of aromatic nitrogens is 2. The van der Waals surface area contributed by atoms with Crippen molar-refractivity contribution in [3.8, 4) is 5.75 Å². The lowest BCUT2D eigenvalue weighted by atomic mass is 9.85. The first-order valence-electron chi connectivity index (χ1n) is 8.57. The lowest BCUT2D eigenvalue weighted by molar-refractivity contribution is -0.108. The molecule has 2 heterocycles. The van der Waals surface area contributed by atoms with Crippen LogP contribution in [0, 0.1) is 0 Å². The first-order chi connectivity index (χ1) is 13.7. The number of carbonyl (C=O) groups excluding carboxylic acids is 1. The Balaban J connectivity index is 1.88. The van der Waals surface area contributed by atoms with Crippen LogP contribution in [-0.2, 0) is 21.6 Å². The average molecular weight is 392 g/mol. The summed E-state index contributed by atoms with van der Waals surface area (Å²) in [6.07, 6.45) is 5.63. The van der Waals surface area contributed by atoms with Crippen molar-refractivity contribution < 1.29 is 18.3 Å². The second kappa shape index (κ2) is 7.84. The molecule has 7 heteroatoms. The lowest BCUT2D eigenvalue weighted by Gasteiger charge is -2.27. The van der Waals surface area contributed by atoms with Crippen LogP contribution in [0.5, 0.6) is 5.75 Å². The number of aldehydes is 1. The van der Waals surface area contributed by atoms with E-state index in [2.05, 4.69) is 9.97 Å². The van der Waals surface area contributed by atoms with Gasteiger partial charge in [0.1, 0.15) is 17.8 Å². The van der Waals surface area contributed by atoms with E-state index < -0.39 is 17.0 Å². The van der Waals surface area contributed by atoms with Gasteiger partial charge in [-0.25, -0.2) is 4.21 Å². The van der Waals surface area contributed by atoms with Crippen molar-refractivity contribution in [3.05, 3.63) is 89.5 Å². The van der Waals surface area contributed by atoms with E-state index in [0.717, 1.165) is 23.0 Å². The van der Waals surface area contributed by atoms with E-state index in [0.29, 0.717) is 22.8 Å². The van der Waals surface area contributed by atoms with Crippen molar-refractivity contribution >= 4 is 28.7 Å². The molecule has 0 radical (unpaired) electrons. The third-order valence-corrected chi connectivity index (χ3v) is 5.08. The van der Waals surface area contributed by atoms with Gasteiger partial charge in [0.15, 0.2) is 11.1 Å². The maximum atomic E-state index is 12.1. The first kappa shape index (κ1) is 18.2. The number of para-hydroxylation sites is 1. The van der Waals surface area contributed by atoms with Gasteiger partial charge in [-0.2, -0.15) is 0 Å². The number of hydrogen-bond acceptors (Lipinski definition) is 5. The van der Waals surface area contributed by atoms with Crippen LogP contribution in [0.2, 0.25) is 0 Å². The maximum absolute atomic E-state index is 12.1. The van der Waals surface area contributed by atoms with Gasteiger partial charge in [0, 0.05) is 29.1 Å². The summed E-state index contributed by atoms with van der Waals surface area (Å²) in [4.78, 5) is 20.6. The Kier molecular flexibility index (Phi) is 5.10. The van der Waals surface area contributed by atoms with Gasteiger partial charge < -0.3 is 14.1 Å². The Morgan fingerprint density at radius 2 is 1.89 bits per heavy atom. The summed E-state index contributed by atoms with van der Waals surface area (Å²) in [5, 5.41) is 0. The van der Waals surface area contributed by atoms with Crippen LogP contribution in [0.4, 0.5) is 0 Å². The third kappa shape index (κ3) is 3.49. The fraction of sp³-hybridized carbons (Fsp3) is 0.0952. The largest absolute Gasteiger partial charge is 0.456 e. The Hall–Kier alpha value is -3.16. The molecule has 0 saturated heterocycles. The van der Waals surface area contributed by atoms with E-state index in [1.54, 1.807) is 30.7 Å². The van der Waals surface area contributed by atoms with Crippen LogP contribution >= 0.6 is 0 Å². The molecule has 28 heavy (non-hydrogen) atoms. The fourth-order valence-electron chi connectivity index (χ4n) is 3.26. The van der Waals surface area contributed by atoms with Crippen LogP contribution in [0.1, 0.15) is 28.3 Å². The van der Waals surface area contributed by atoms with Gasteiger partial charge in [0.25, 0.3) is 0 Å². The highest BCUT2D eigenvalue weighted by atomic mass is 32.2. The van der Waals surface area contributed by atoms with E-state index >= 15 is 0 Å². The summed E-state index contributed by atoms with van der Waals surface area (Å²) in [6, 6.07) is 14.6. The van der Waals surface area contributed by atoms with E-state index in [1.165, 1.54) is 0 Å². The van der Waals surface area contributed by atoms with Crippen molar-refractivity contribution in [2.45, 2.75) is 11.7 Å². The summed E-state index contributed by atoms with van der Waals surface area (Å²) >= 11 is -1.91. The number of rotatable bonds is 5. The predicted molar refractivity (Wildman–Crippen MR) is 106 cm³/mol. The lowest BCUT2D eigenvalue weighted by Crippen LogP contribution is -2.16. The van der Waals surface area contributed by atoms with Crippen LogP contribution in [0.3, 0.4) is 0 Å². The van der Waals surface area contributed by atoms with E-state index in [-0.39, 0.29) is 5.75 Å². The second-order valence-corrected chi connectivity index (χ2v) is 7.18. The molecule has 1 aliphatic heterocycles. The van der Waals surface area contributed by atoms with Crippen LogP contribution in [0.25, 0.3) is 11.3 Å². The molecule has 4 rings (SSSR count). The topological polar surface area (TPSA) is 89.4 Å². The summed E-state index contributed by atoms with van der Waals surface area (Å²) in [5.41, 5.74) is 3.45. The number of fused-ring (bicyclic) bond motifs is 1. The normalized spacial score (nSPS) is 16.8. The number of allylic oxidation sites excluding steroid dienone is 1. The zero-order valence-corrected chi connectivity index (χ0v) is 15.5. The molecular weight excluding hydrogens is 376 g/mol. The number of carbonyl (C=O) groups is 1. The molecule has 3 aromatic rings. The molecule has 0 aliphatic carbocycles. The van der Waals surface area contributed by atoms with Gasteiger partial charge in [-0.05, 0) is 11.6 Å². The minimum atomic E-state index is -1.91. The van der Waals surface area contributed by atoms with Crippen molar-refractivity contribution in [2.24, 2.45) is 0 Å². The minimum absolute atomic E-state index is 0.0526. The summed E-state index contributed by atoms with van der Waals surface area (Å²) in [5.74, 6) is 0.647. The smallest absolute Gasteiger partial charge is 0.157 e. The zero-order chi connectivity index (χ0) is 19.5. The monoisotopic (exact) mass is 392 g/mol. The molecule has 1 aromatic heterocycles. The molecule has 1 aliphatic rings. The highest BCUT2D eigenvalue weighted by Gasteiger charge is 2.32. The van der Waals surface area contributed by atoms with E-state index in [9.17, 15) is 9.00 Å². The van der Waals surface area contributed by atoms with Crippen molar-refractivity contribution in [1.29, 1.82) is 0 Å². The van der Waals surface area contributed by atoms with Crippen molar-refractivity contribution in [1.82, 2.24) is 9.97 Å². The average Bonchev–Trinajstić information content (AvgIpc) is 2.73. The Morgan fingerprint density at radius 3 is 2.57 bits per heavy atom. The molecule has 2 unspecified atom stereocenters. The number of ether oxygens (including phenoxy) is 1. The van der Waals surface area contributed by atoms with Crippen molar-refractivity contribution in [2.75, 3.05) is 0 Å². The molecule has 0 saturated carbocycles. The number of hydrogen-bond donors (Lipinski definition) is 1. The molecule has 6 nitrogen and oxygen atoms in total. The number of benzene rings is 2. The Labute approximate surface area is 164 Å². The van der Waals surface area contributed by atoms with Crippen LogP contribution in [-0.4, -0.2) is 25.0 Å². The Bertz CT molecular complexity index is 1070. The van der Waals surface area contributed by atoms with E-state index in [1.807, 2.05) is 36.4 Å². The highest BCUT2D eigenvalue weighted by molar-refractivity contribution is 7.78. The van der Waals surface area contributed by atoms with Gasteiger partial charge >= 0.3 is 0 Å².